The van der Waals surface area contributed by atoms with Crippen LogP contribution in [0.4, 0.5) is 0 Å². The van der Waals surface area contributed by atoms with Crippen LogP contribution in [0.2, 0.25) is 0 Å². The molecule has 0 spiro atoms. The number of nitrogens with zero attached hydrogens (tertiary/aromatic N) is 2. The van der Waals surface area contributed by atoms with Crippen molar-refractivity contribution in [1.29, 1.82) is 0 Å². The molecule has 130 valence electrons. The summed E-state index contributed by atoms with van der Waals surface area (Å²) in [6, 6.07) is 8.54. The minimum Gasteiger partial charge on any atom is -0.384 e. The molecule has 0 radical (unpaired) electrons. The number of hydrogen-bond donors (Lipinski definition) is 2. The van der Waals surface area contributed by atoms with Gasteiger partial charge in [-0.05, 0) is 50.7 Å². The summed E-state index contributed by atoms with van der Waals surface area (Å²) >= 11 is 0. The molecule has 0 fully saturated rings. The Hall–Kier alpha value is -1.65. The van der Waals surface area contributed by atoms with Gasteiger partial charge < -0.3 is 10.4 Å². The molecule has 2 aromatic rings. The van der Waals surface area contributed by atoms with Crippen molar-refractivity contribution in [2.75, 3.05) is 6.54 Å². The second-order valence-corrected chi connectivity index (χ2v) is 7.09. The van der Waals surface area contributed by atoms with Gasteiger partial charge in [0, 0.05) is 30.9 Å². The Morgan fingerprint density at radius 1 is 1.33 bits per heavy atom. The lowest BCUT2D eigenvalue weighted by atomic mass is 9.79. The van der Waals surface area contributed by atoms with Crippen LogP contribution in [0.5, 0.6) is 0 Å². The Bertz CT molecular complexity index is 722. The summed E-state index contributed by atoms with van der Waals surface area (Å²) < 4.78 is 1.94. The Balaban J connectivity index is 1.82. The summed E-state index contributed by atoms with van der Waals surface area (Å²) in [5.41, 5.74) is 5.15. The molecule has 4 heteroatoms. The molecule has 2 unspecified atom stereocenters. The van der Waals surface area contributed by atoms with Gasteiger partial charge in [-0.25, -0.2) is 0 Å². The third kappa shape index (κ3) is 3.01. The van der Waals surface area contributed by atoms with E-state index in [1.807, 2.05) is 17.8 Å². The average Bonchev–Trinajstić information content (AvgIpc) is 2.82. The van der Waals surface area contributed by atoms with E-state index in [-0.39, 0.29) is 6.04 Å². The fourth-order valence-corrected chi connectivity index (χ4v) is 4.12. The van der Waals surface area contributed by atoms with Crippen molar-refractivity contribution in [2.24, 2.45) is 7.05 Å². The fraction of sp³-hybridized carbons (Fsp3) is 0.550. The molecule has 1 aliphatic rings. The molecule has 1 aromatic carbocycles. The van der Waals surface area contributed by atoms with E-state index in [0.717, 1.165) is 36.9 Å². The van der Waals surface area contributed by atoms with Gasteiger partial charge in [0.05, 0.1) is 5.69 Å². The molecule has 0 saturated heterocycles. The number of rotatable bonds is 5. The van der Waals surface area contributed by atoms with E-state index < -0.39 is 5.60 Å². The van der Waals surface area contributed by atoms with E-state index >= 15 is 0 Å². The van der Waals surface area contributed by atoms with Gasteiger partial charge in [0.25, 0.3) is 0 Å². The normalized spacial score (nSPS) is 21.5. The highest BCUT2D eigenvalue weighted by atomic mass is 16.3. The molecule has 1 heterocycles. The molecule has 4 nitrogen and oxygen atoms in total. The first-order chi connectivity index (χ1) is 11.5. The number of aryl methyl sites for hydroxylation is 3. The van der Waals surface area contributed by atoms with Gasteiger partial charge in [0.15, 0.2) is 0 Å². The van der Waals surface area contributed by atoms with Gasteiger partial charge in [-0.3, -0.25) is 4.68 Å². The van der Waals surface area contributed by atoms with Crippen LogP contribution in [-0.4, -0.2) is 21.4 Å². The minimum atomic E-state index is -0.772. The van der Waals surface area contributed by atoms with Crippen molar-refractivity contribution in [3.63, 3.8) is 0 Å². The first-order valence-electron chi connectivity index (χ1n) is 9.00. The second-order valence-electron chi connectivity index (χ2n) is 7.09. The molecule has 2 atom stereocenters. The van der Waals surface area contributed by atoms with Gasteiger partial charge >= 0.3 is 0 Å². The molecule has 0 aliphatic heterocycles. The van der Waals surface area contributed by atoms with Crippen LogP contribution in [0, 0.1) is 13.8 Å². The van der Waals surface area contributed by atoms with E-state index in [0.29, 0.717) is 6.54 Å². The van der Waals surface area contributed by atoms with Crippen molar-refractivity contribution < 1.29 is 5.11 Å². The maximum atomic E-state index is 11.3. The first kappa shape index (κ1) is 17.2. The third-order valence-corrected chi connectivity index (χ3v) is 5.52. The molecule has 2 N–H and O–H groups in total. The van der Waals surface area contributed by atoms with E-state index in [4.69, 9.17) is 0 Å². The van der Waals surface area contributed by atoms with Crippen molar-refractivity contribution in [3.05, 3.63) is 52.3 Å². The zero-order valence-electron chi connectivity index (χ0n) is 15.3. The second kappa shape index (κ2) is 6.69. The third-order valence-electron chi connectivity index (χ3n) is 5.52. The summed E-state index contributed by atoms with van der Waals surface area (Å²) in [7, 11) is 1.99. The minimum absolute atomic E-state index is 0.219. The molecule has 0 saturated carbocycles. The quantitative estimate of drug-likeness (QED) is 0.886. The summed E-state index contributed by atoms with van der Waals surface area (Å²) in [5.74, 6) is 0. The lowest BCUT2D eigenvalue weighted by Gasteiger charge is -2.36. The van der Waals surface area contributed by atoms with Crippen molar-refractivity contribution in [3.8, 4) is 0 Å². The van der Waals surface area contributed by atoms with Crippen LogP contribution < -0.4 is 5.32 Å². The summed E-state index contributed by atoms with van der Waals surface area (Å²) in [6.45, 7) is 6.94. The number of nitrogens with one attached hydrogen (secondary N) is 1. The standard InChI is InChI=1S/C20H29N3O/c1-5-18(19-14(2)22-23(4)15(19)3)21-13-20(24)12-8-10-16-9-6-7-11-17(16)20/h6-7,9,11,18,21,24H,5,8,10,12-13H2,1-4H3. The van der Waals surface area contributed by atoms with Crippen molar-refractivity contribution in [1.82, 2.24) is 15.1 Å². The Morgan fingerprint density at radius 3 is 2.75 bits per heavy atom. The van der Waals surface area contributed by atoms with Crippen molar-refractivity contribution >= 4 is 0 Å². The smallest absolute Gasteiger partial charge is 0.102 e. The summed E-state index contributed by atoms with van der Waals surface area (Å²) in [5, 5.41) is 19.4. The molecule has 1 aliphatic carbocycles. The van der Waals surface area contributed by atoms with Gasteiger partial charge in [0.2, 0.25) is 0 Å². The fourth-order valence-electron chi connectivity index (χ4n) is 4.12. The predicted octanol–water partition coefficient (Wildman–Crippen LogP) is 3.30. The van der Waals surface area contributed by atoms with Crippen LogP contribution in [-0.2, 0) is 19.1 Å². The Labute approximate surface area is 144 Å². The molecular weight excluding hydrogens is 298 g/mol. The number of fused-ring (bicyclic) bond motifs is 1. The van der Waals surface area contributed by atoms with Crippen molar-refractivity contribution in [2.45, 2.75) is 58.1 Å². The monoisotopic (exact) mass is 327 g/mol. The zero-order valence-corrected chi connectivity index (χ0v) is 15.3. The largest absolute Gasteiger partial charge is 0.384 e. The average molecular weight is 327 g/mol. The highest BCUT2D eigenvalue weighted by Crippen LogP contribution is 2.35. The van der Waals surface area contributed by atoms with E-state index in [9.17, 15) is 5.11 Å². The highest BCUT2D eigenvalue weighted by molar-refractivity contribution is 5.35. The molecule has 0 amide bonds. The molecule has 24 heavy (non-hydrogen) atoms. The van der Waals surface area contributed by atoms with Gasteiger partial charge in [0.1, 0.15) is 5.60 Å². The molecule has 1 aromatic heterocycles. The Morgan fingerprint density at radius 2 is 2.08 bits per heavy atom. The zero-order chi connectivity index (χ0) is 17.3. The van der Waals surface area contributed by atoms with Gasteiger partial charge in [-0.2, -0.15) is 5.10 Å². The molecule has 3 rings (SSSR count). The topological polar surface area (TPSA) is 50.1 Å². The summed E-state index contributed by atoms with van der Waals surface area (Å²) in [4.78, 5) is 0. The number of hydrogen-bond acceptors (Lipinski definition) is 3. The van der Waals surface area contributed by atoms with E-state index in [2.05, 4.69) is 49.4 Å². The van der Waals surface area contributed by atoms with Crippen LogP contribution in [0.25, 0.3) is 0 Å². The summed E-state index contributed by atoms with van der Waals surface area (Å²) in [6.07, 6.45) is 3.90. The molecular formula is C20H29N3O. The lowest BCUT2D eigenvalue weighted by Crippen LogP contribution is -2.42. The van der Waals surface area contributed by atoms with E-state index in [1.165, 1.54) is 16.8 Å². The maximum Gasteiger partial charge on any atom is 0.102 e. The SMILES string of the molecule is CCC(NCC1(O)CCCc2ccccc21)c1c(C)nn(C)c1C. The van der Waals surface area contributed by atoms with Gasteiger partial charge in [-0.15, -0.1) is 0 Å². The van der Waals surface area contributed by atoms with Crippen LogP contribution in [0.1, 0.15) is 60.3 Å². The highest BCUT2D eigenvalue weighted by Gasteiger charge is 2.34. The lowest BCUT2D eigenvalue weighted by molar-refractivity contribution is 0.0164. The Kier molecular flexibility index (Phi) is 4.79. The number of benzene rings is 1. The van der Waals surface area contributed by atoms with Crippen LogP contribution in [0.3, 0.4) is 0 Å². The van der Waals surface area contributed by atoms with Gasteiger partial charge in [-0.1, -0.05) is 31.2 Å². The van der Waals surface area contributed by atoms with E-state index in [1.54, 1.807) is 0 Å². The maximum absolute atomic E-state index is 11.3. The number of aromatic nitrogens is 2. The predicted molar refractivity (Wildman–Crippen MR) is 97.0 cm³/mol. The first-order valence-corrected chi connectivity index (χ1v) is 9.00. The number of aliphatic hydroxyl groups is 1. The van der Waals surface area contributed by atoms with Crippen LogP contribution >= 0.6 is 0 Å². The van der Waals surface area contributed by atoms with Crippen LogP contribution in [0.15, 0.2) is 24.3 Å². The molecule has 0 bridgehead atoms.